The highest BCUT2D eigenvalue weighted by molar-refractivity contribution is 6.36. The van der Waals surface area contributed by atoms with Gasteiger partial charge in [0.1, 0.15) is 11.7 Å². The highest BCUT2D eigenvalue weighted by Gasteiger charge is 2.69. The van der Waals surface area contributed by atoms with Crippen molar-refractivity contribution in [1.82, 2.24) is 20.5 Å². The average Bonchev–Trinajstić information content (AvgIpc) is 3.81. The van der Waals surface area contributed by atoms with E-state index in [9.17, 15) is 28.8 Å². The number of carbonyl (C=O) groups excluding carboxylic acids is 6. The van der Waals surface area contributed by atoms with Crippen molar-refractivity contribution < 1.29 is 28.8 Å². The van der Waals surface area contributed by atoms with Crippen molar-refractivity contribution >= 4 is 35.2 Å². The Morgan fingerprint density at radius 2 is 1.71 bits per heavy atom. The standard InChI is InChI=1S/C34H49N5O6/c1-18(2)23(16-24(40)22-10-8-9-13-36-22)37-32(45)38-29(33(3,4)5)31(44)39-17-21-26(34(21,6)7)27(39)25(41)15-20(14-19-11-12-19)28(42)30(35)43/h8-10,13,18-21,23,26-27,29H,11-12,14-17H2,1-7H3,(H2,35,43)(H2,37,38,45)/t20?,21-,23+,26-,27+,29+/m0/s1. The molecule has 1 aliphatic heterocycles. The quantitative estimate of drug-likeness (QED) is 0.211. The first-order valence-corrected chi connectivity index (χ1v) is 16.1. The maximum atomic E-state index is 14.2. The molecular formula is C34H49N5O6. The summed E-state index contributed by atoms with van der Waals surface area (Å²) in [5, 5.41) is 5.74. The molecule has 4 N–H and O–H groups in total. The number of rotatable bonds is 14. The summed E-state index contributed by atoms with van der Waals surface area (Å²) in [6.45, 7) is 13.8. The maximum Gasteiger partial charge on any atom is 0.315 e. The van der Waals surface area contributed by atoms with Gasteiger partial charge in [-0.2, -0.15) is 0 Å². The van der Waals surface area contributed by atoms with E-state index in [4.69, 9.17) is 5.73 Å². The number of ketones is 3. The van der Waals surface area contributed by atoms with Crippen molar-refractivity contribution in [3.8, 4) is 0 Å². The summed E-state index contributed by atoms with van der Waals surface area (Å²) >= 11 is 0. The molecule has 11 nitrogen and oxygen atoms in total. The molecule has 1 aromatic rings. The minimum atomic E-state index is -1.04. The molecule has 1 aromatic heterocycles. The van der Waals surface area contributed by atoms with Gasteiger partial charge in [0.25, 0.3) is 5.91 Å². The van der Waals surface area contributed by atoms with Gasteiger partial charge >= 0.3 is 6.03 Å². The molecule has 0 bridgehead atoms. The molecule has 6 atom stereocenters. The number of piperidine rings is 1. The second-order valence-corrected chi connectivity index (χ2v) is 15.3. The fourth-order valence-electron chi connectivity index (χ4n) is 6.93. The zero-order valence-electron chi connectivity index (χ0n) is 27.6. The Morgan fingerprint density at radius 3 is 2.24 bits per heavy atom. The zero-order chi connectivity index (χ0) is 33.4. The third-order valence-electron chi connectivity index (χ3n) is 10.1. The Morgan fingerprint density at radius 1 is 1.04 bits per heavy atom. The van der Waals surface area contributed by atoms with Gasteiger partial charge in [-0.05, 0) is 53.1 Å². The lowest BCUT2D eigenvalue weighted by Crippen LogP contribution is -2.60. The number of amides is 4. The van der Waals surface area contributed by atoms with E-state index in [1.54, 1.807) is 29.3 Å². The Bertz CT molecular complexity index is 1330. The number of fused-ring (bicyclic) bond motifs is 1. The van der Waals surface area contributed by atoms with Gasteiger partial charge in [0, 0.05) is 37.5 Å². The lowest BCUT2D eigenvalue weighted by atomic mass is 9.84. The topological polar surface area (TPSA) is 169 Å². The number of primary amides is 1. The van der Waals surface area contributed by atoms with Gasteiger partial charge in [0.05, 0.1) is 6.04 Å². The lowest BCUT2D eigenvalue weighted by Gasteiger charge is -2.38. The number of nitrogens with one attached hydrogen (secondary N) is 2. The summed E-state index contributed by atoms with van der Waals surface area (Å²) in [6.07, 6.45) is 3.81. The Labute approximate surface area is 265 Å². The SMILES string of the molecule is CC(C)[C@@H](CC(=O)c1ccccn1)NC(=O)N[C@H](C(=O)N1C[C@H]2[C@@H]([C@H]1C(=O)CC(CC1CC1)C(=O)C(N)=O)C2(C)C)C(C)(C)C. The van der Waals surface area contributed by atoms with Crippen LogP contribution in [-0.2, 0) is 19.2 Å². The minimum absolute atomic E-state index is 0.0451. The number of likely N-dealkylation sites (tertiary alicyclic amines) is 1. The van der Waals surface area contributed by atoms with Crippen molar-refractivity contribution in [2.75, 3.05) is 6.54 Å². The molecule has 2 saturated carbocycles. The largest absolute Gasteiger partial charge is 0.363 e. The first-order valence-electron chi connectivity index (χ1n) is 16.1. The third kappa shape index (κ3) is 7.79. The number of urea groups is 1. The summed E-state index contributed by atoms with van der Waals surface area (Å²) in [4.78, 5) is 84.5. The highest BCUT2D eigenvalue weighted by Crippen LogP contribution is 2.65. The second kappa shape index (κ2) is 13.0. The molecule has 45 heavy (non-hydrogen) atoms. The van der Waals surface area contributed by atoms with Gasteiger partial charge in [-0.1, -0.05) is 67.4 Å². The van der Waals surface area contributed by atoms with Crippen LogP contribution in [0.4, 0.5) is 4.79 Å². The second-order valence-electron chi connectivity index (χ2n) is 15.3. The van der Waals surface area contributed by atoms with E-state index in [-0.39, 0.29) is 53.5 Å². The number of aromatic nitrogens is 1. The normalized spacial score (nSPS) is 23.8. The minimum Gasteiger partial charge on any atom is -0.363 e. The van der Waals surface area contributed by atoms with Crippen molar-refractivity contribution in [2.24, 2.45) is 46.2 Å². The van der Waals surface area contributed by atoms with E-state index in [0.29, 0.717) is 24.6 Å². The van der Waals surface area contributed by atoms with Crippen molar-refractivity contribution in [2.45, 2.75) is 98.7 Å². The van der Waals surface area contributed by atoms with Crippen LogP contribution in [0.15, 0.2) is 24.4 Å². The molecule has 2 aliphatic carbocycles. The molecule has 1 unspecified atom stereocenters. The van der Waals surface area contributed by atoms with Crippen LogP contribution in [0.2, 0.25) is 0 Å². The number of pyridine rings is 1. The summed E-state index contributed by atoms with van der Waals surface area (Å²) in [5.74, 6) is -3.10. The predicted octanol–water partition coefficient (Wildman–Crippen LogP) is 3.31. The Kier molecular flexibility index (Phi) is 9.90. The molecule has 4 amide bonds. The summed E-state index contributed by atoms with van der Waals surface area (Å²) < 4.78 is 0. The third-order valence-corrected chi connectivity index (χ3v) is 10.1. The Hall–Kier alpha value is -3.63. The van der Waals surface area contributed by atoms with Gasteiger partial charge in [-0.25, -0.2) is 4.79 Å². The molecule has 0 spiro atoms. The molecular weight excluding hydrogens is 574 g/mol. The van der Waals surface area contributed by atoms with Crippen LogP contribution < -0.4 is 16.4 Å². The van der Waals surface area contributed by atoms with Crippen LogP contribution in [0.1, 0.15) is 91.1 Å². The molecule has 2 heterocycles. The molecule has 11 heteroatoms. The number of hydrogen-bond donors (Lipinski definition) is 3. The van der Waals surface area contributed by atoms with E-state index in [2.05, 4.69) is 29.5 Å². The van der Waals surface area contributed by atoms with Crippen LogP contribution in [0.25, 0.3) is 0 Å². The summed E-state index contributed by atoms with van der Waals surface area (Å²) in [5.41, 5.74) is 4.78. The van der Waals surface area contributed by atoms with Gasteiger partial charge in [-0.15, -0.1) is 0 Å². The van der Waals surface area contributed by atoms with Crippen LogP contribution in [0.5, 0.6) is 0 Å². The monoisotopic (exact) mass is 623 g/mol. The van der Waals surface area contributed by atoms with Gasteiger partial charge in [-0.3, -0.25) is 29.0 Å². The van der Waals surface area contributed by atoms with Gasteiger partial charge in [0.15, 0.2) is 11.6 Å². The first kappa shape index (κ1) is 34.2. The number of hydrogen-bond acceptors (Lipinski definition) is 7. The van der Waals surface area contributed by atoms with E-state index >= 15 is 0 Å². The molecule has 0 radical (unpaired) electrons. The molecule has 3 fully saturated rings. The number of nitrogens with zero attached hydrogens (tertiary/aromatic N) is 2. The molecule has 3 aliphatic rings. The molecule has 246 valence electrons. The number of carbonyl (C=O) groups is 6. The van der Waals surface area contributed by atoms with E-state index < -0.39 is 47.2 Å². The number of Topliss-reactive ketones (excluding diaryl/α,β-unsaturated/α-hetero) is 3. The van der Waals surface area contributed by atoms with Crippen molar-refractivity contribution in [1.29, 1.82) is 0 Å². The van der Waals surface area contributed by atoms with Crippen LogP contribution in [0.3, 0.4) is 0 Å². The van der Waals surface area contributed by atoms with Gasteiger partial charge < -0.3 is 21.3 Å². The average molecular weight is 624 g/mol. The number of nitrogens with two attached hydrogens (primary N) is 1. The molecule has 4 rings (SSSR count). The fraction of sp³-hybridized carbons (Fsp3) is 0.676. The van der Waals surface area contributed by atoms with Crippen LogP contribution in [-0.4, -0.2) is 69.7 Å². The Balaban J connectivity index is 1.50. The first-order chi connectivity index (χ1) is 20.9. The highest BCUT2D eigenvalue weighted by atomic mass is 16.2. The van der Waals surface area contributed by atoms with Crippen molar-refractivity contribution in [3.63, 3.8) is 0 Å². The fourth-order valence-corrected chi connectivity index (χ4v) is 6.93. The van der Waals surface area contributed by atoms with Crippen molar-refractivity contribution in [3.05, 3.63) is 30.1 Å². The van der Waals surface area contributed by atoms with E-state index in [0.717, 1.165) is 12.8 Å². The van der Waals surface area contributed by atoms with Gasteiger partial charge in [0.2, 0.25) is 11.7 Å². The maximum absolute atomic E-state index is 14.2. The zero-order valence-corrected chi connectivity index (χ0v) is 27.6. The predicted molar refractivity (Wildman–Crippen MR) is 168 cm³/mol. The molecule has 1 saturated heterocycles. The van der Waals surface area contributed by atoms with E-state index in [1.807, 2.05) is 34.6 Å². The van der Waals surface area contributed by atoms with E-state index in [1.165, 1.54) is 0 Å². The van der Waals surface area contributed by atoms with Crippen LogP contribution >= 0.6 is 0 Å². The summed E-state index contributed by atoms with van der Waals surface area (Å²) in [6, 6.07) is 2.27. The lowest BCUT2D eigenvalue weighted by molar-refractivity contribution is -0.144. The smallest absolute Gasteiger partial charge is 0.315 e. The van der Waals surface area contributed by atoms with Crippen LogP contribution in [0, 0.1) is 40.4 Å². The summed E-state index contributed by atoms with van der Waals surface area (Å²) in [7, 11) is 0. The molecule has 0 aromatic carbocycles.